The molecule has 0 aliphatic rings. The lowest BCUT2D eigenvalue weighted by molar-refractivity contribution is 0.102. The van der Waals surface area contributed by atoms with Crippen LogP contribution in [0.15, 0.2) is 34.7 Å². The smallest absolute Gasteiger partial charge is 0.257 e. The van der Waals surface area contributed by atoms with E-state index in [1.54, 1.807) is 0 Å². The number of anilines is 1. The molecular formula is C11H10N2O4S2. The van der Waals surface area contributed by atoms with Crippen molar-refractivity contribution >= 4 is 32.2 Å². The average molecular weight is 298 g/mol. The summed E-state index contributed by atoms with van der Waals surface area (Å²) in [6.07, 6.45) is 1.05. The van der Waals surface area contributed by atoms with Crippen molar-refractivity contribution in [3.8, 4) is 5.75 Å². The lowest BCUT2D eigenvalue weighted by atomic mass is 10.2. The van der Waals surface area contributed by atoms with Crippen molar-refractivity contribution in [3.63, 3.8) is 0 Å². The Bertz CT molecular complexity index is 705. The van der Waals surface area contributed by atoms with E-state index in [1.807, 2.05) is 0 Å². The van der Waals surface area contributed by atoms with Crippen LogP contribution in [-0.2, 0) is 9.84 Å². The van der Waals surface area contributed by atoms with Crippen molar-refractivity contribution in [2.45, 2.75) is 5.03 Å². The molecule has 8 heteroatoms. The van der Waals surface area contributed by atoms with Crippen molar-refractivity contribution in [2.24, 2.45) is 0 Å². The number of nitrogens with zero attached hydrogens (tertiary/aromatic N) is 1. The largest absolute Gasteiger partial charge is 0.508 e. The fourth-order valence-electron chi connectivity index (χ4n) is 1.27. The van der Waals surface area contributed by atoms with Crippen molar-refractivity contribution in [3.05, 3.63) is 35.2 Å². The normalized spacial score (nSPS) is 11.2. The van der Waals surface area contributed by atoms with Crippen molar-refractivity contribution in [2.75, 3.05) is 11.6 Å². The molecule has 0 bridgehead atoms. The second-order valence-corrected chi connectivity index (χ2v) is 6.58. The van der Waals surface area contributed by atoms with Gasteiger partial charge in [0.2, 0.25) is 0 Å². The second-order valence-electron chi connectivity index (χ2n) is 3.76. The maximum absolute atomic E-state index is 11.8. The Hall–Kier alpha value is -1.93. The molecule has 19 heavy (non-hydrogen) atoms. The van der Waals surface area contributed by atoms with Gasteiger partial charge in [0.1, 0.15) is 5.75 Å². The topological polar surface area (TPSA) is 96.4 Å². The van der Waals surface area contributed by atoms with Gasteiger partial charge in [0.15, 0.2) is 20.0 Å². The van der Waals surface area contributed by atoms with Gasteiger partial charge in [-0.1, -0.05) is 0 Å². The van der Waals surface area contributed by atoms with Gasteiger partial charge in [-0.2, -0.15) is 0 Å². The highest BCUT2D eigenvalue weighted by Crippen LogP contribution is 2.20. The van der Waals surface area contributed by atoms with Gasteiger partial charge in [0.25, 0.3) is 5.91 Å². The number of hydrogen-bond acceptors (Lipinski definition) is 6. The van der Waals surface area contributed by atoms with Gasteiger partial charge in [-0.25, -0.2) is 13.4 Å². The number of phenols is 1. The number of benzene rings is 1. The van der Waals surface area contributed by atoms with E-state index in [-0.39, 0.29) is 15.9 Å². The Balaban J connectivity index is 2.15. The third kappa shape index (κ3) is 3.30. The molecule has 6 nitrogen and oxygen atoms in total. The Morgan fingerprint density at radius 3 is 2.47 bits per heavy atom. The molecule has 0 saturated carbocycles. The zero-order valence-electron chi connectivity index (χ0n) is 9.82. The van der Waals surface area contributed by atoms with Gasteiger partial charge in [-0.15, -0.1) is 11.3 Å². The molecule has 0 fully saturated rings. The summed E-state index contributed by atoms with van der Waals surface area (Å²) in [5.74, 6) is -0.362. The molecule has 1 aromatic heterocycles. The highest BCUT2D eigenvalue weighted by molar-refractivity contribution is 7.90. The summed E-state index contributed by atoms with van der Waals surface area (Å²) >= 11 is 1.03. The maximum atomic E-state index is 11.8. The molecule has 100 valence electrons. The Kier molecular flexibility index (Phi) is 3.54. The monoisotopic (exact) mass is 298 g/mol. The number of carbonyl (C=O) groups excluding carboxylic acids is 1. The number of hydrogen-bond donors (Lipinski definition) is 2. The van der Waals surface area contributed by atoms with Crippen molar-refractivity contribution in [1.82, 2.24) is 4.98 Å². The molecule has 0 aliphatic carbocycles. The quantitative estimate of drug-likeness (QED) is 0.895. The van der Waals surface area contributed by atoms with E-state index >= 15 is 0 Å². The lowest BCUT2D eigenvalue weighted by Crippen LogP contribution is -2.11. The molecule has 0 saturated heterocycles. The van der Waals surface area contributed by atoms with Crippen LogP contribution < -0.4 is 5.32 Å². The first-order valence-electron chi connectivity index (χ1n) is 5.12. The summed E-state index contributed by atoms with van der Waals surface area (Å²) in [5, 5.41) is 13.1. The maximum Gasteiger partial charge on any atom is 0.257 e. The fourth-order valence-corrected chi connectivity index (χ4v) is 3.00. The summed E-state index contributed by atoms with van der Waals surface area (Å²) in [6, 6.07) is 5.68. The molecule has 1 amide bonds. The van der Waals surface area contributed by atoms with Crippen LogP contribution in [-0.4, -0.2) is 30.7 Å². The Labute approximate surface area is 113 Å². The number of carbonyl (C=O) groups is 1. The van der Waals surface area contributed by atoms with Crippen LogP contribution in [0.4, 0.5) is 5.13 Å². The van der Waals surface area contributed by atoms with Gasteiger partial charge < -0.3 is 5.11 Å². The molecule has 2 rings (SSSR count). The molecule has 2 N–H and O–H groups in total. The number of sulfone groups is 1. The fraction of sp³-hybridized carbons (Fsp3) is 0.0909. The van der Waals surface area contributed by atoms with E-state index in [0.717, 1.165) is 17.6 Å². The van der Waals surface area contributed by atoms with Crippen LogP contribution >= 0.6 is 11.3 Å². The SMILES string of the molecule is CS(=O)(=O)c1csc(NC(=O)c2ccc(O)cc2)n1. The van der Waals surface area contributed by atoms with Gasteiger partial charge in [-0.3, -0.25) is 10.1 Å². The number of aromatic nitrogens is 1. The third-order valence-corrected chi connectivity index (χ3v) is 4.09. The van der Waals surface area contributed by atoms with Crippen LogP contribution in [0.2, 0.25) is 0 Å². The molecule has 0 spiro atoms. The van der Waals surface area contributed by atoms with E-state index in [4.69, 9.17) is 5.11 Å². The summed E-state index contributed by atoms with van der Waals surface area (Å²) in [6.45, 7) is 0. The molecule has 0 aliphatic heterocycles. The van der Waals surface area contributed by atoms with E-state index in [2.05, 4.69) is 10.3 Å². The first-order chi connectivity index (χ1) is 8.86. The van der Waals surface area contributed by atoms with E-state index in [1.165, 1.54) is 29.6 Å². The predicted molar refractivity (Wildman–Crippen MR) is 71.3 cm³/mol. The van der Waals surface area contributed by atoms with Crippen molar-refractivity contribution < 1.29 is 18.3 Å². The number of aromatic hydroxyl groups is 1. The zero-order valence-corrected chi connectivity index (χ0v) is 11.5. The van der Waals surface area contributed by atoms with E-state index < -0.39 is 15.7 Å². The number of thiazole rings is 1. The molecule has 0 unspecified atom stereocenters. The Morgan fingerprint density at radius 1 is 1.32 bits per heavy atom. The van der Waals surface area contributed by atoms with Gasteiger partial charge in [0, 0.05) is 17.2 Å². The molecule has 0 radical (unpaired) electrons. The molecule has 0 atom stereocenters. The summed E-state index contributed by atoms with van der Waals surface area (Å²) in [5.41, 5.74) is 0.342. The zero-order chi connectivity index (χ0) is 14.0. The lowest BCUT2D eigenvalue weighted by Gasteiger charge is -2.01. The average Bonchev–Trinajstić information content (AvgIpc) is 2.78. The highest BCUT2D eigenvalue weighted by Gasteiger charge is 2.14. The van der Waals surface area contributed by atoms with E-state index in [0.29, 0.717) is 5.56 Å². The minimum atomic E-state index is -3.37. The molecule has 1 heterocycles. The summed E-state index contributed by atoms with van der Waals surface area (Å²) < 4.78 is 22.5. The molecule has 2 aromatic rings. The predicted octanol–water partition coefficient (Wildman–Crippen LogP) is 1.50. The van der Waals surface area contributed by atoms with Gasteiger partial charge >= 0.3 is 0 Å². The first-order valence-corrected chi connectivity index (χ1v) is 7.89. The Morgan fingerprint density at radius 2 is 1.95 bits per heavy atom. The first kappa shape index (κ1) is 13.5. The summed E-state index contributed by atoms with van der Waals surface area (Å²) in [7, 11) is -3.37. The number of phenolic OH excluding ortho intramolecular Hbond substituents is 1. The highest BCUT2D eigenvalue weighted by atomic mass is 32.2. The minimum Gasteiger partial charge on any atom is -0.508 e. The molecule has 1 aromatic carbocycles. The van der Waals surface area contributed by atoms with Crippen LogP contribution in [0.3, 0.4) is 0 Å². The number of rotatable bonds is 3. The number of nitrogens with one attached hydrogen (secondary N) is 1. The standard InChI is InChI=1S/C11H10N2O4S2/c1-19(16,17)9-6-18-11(12-9)13-10(15)7-2-4-8(14)5-3-7/h2-6,14H,1H3,(H,12,13,15). The van der Waals surface area contributed by atoms with Gasteiger partial charge in [0.05, 0.1) is 0 Å². The number of amides is 1. The third-order valence-electron chi connectivity index (χ3n) is 2.21. The second kappa shape index (κ2) is 4.98. The van der Waals surface area contributed by atoms with Crippen LogP contribution in [0.25, 0.3) is 0 Å². The van der Waals surface area contributed by atoms with E-state index in [9.17, 15) is 13.2 Å². The van der Waals surface area contributed by atoms with Crippen LogP contribution in [0.1, 0.15) is 10.4 Å². The van der Waals surface area contributed by atoms with Crippen LogP contribution in [0, 0.1) is 0 Å². The summed E-state index contributed by atoms with van der Waals surface area (Å²) in [4.78, 5) is 15.6. The minimum absolute atomic E-state index is 0.0603. The van der Waals surface area contributed by atoms with Gasteiger partial charge in [-0.05, 0) is 24.3 Å². The van der Waals surface area contributed by atoms with Crippen LogP contribution in [0.5, 0.6) is 5.75 Å². The molecular weight excluding hydrogens is 288 g/mol. The van der Waals surface area contributed by atoms with Crippen molar-refractivity contribution in [1.29, 1.82) is 0 Å².